The molecule has 0 bridgehead atoms. The van der Waals surface area contributed by atoms with Gasteiger partial charge in [0, 0.05) is 0 Å². The molecule has 1 atom stereocenters. The third-order valence-corrected chi connectivity index (χ3v) is 4.70. The summed E-state index contributed by atoms with van der Waals surface area (Å²) in [6.07, 6.45) is -12.6. The summed E-state index contributed by atoms with van der Waals surface area (Å²) in [5.41, 5.74) is 0. The van der Waals surface area contributed by atoms with Crippen molar-refractivity contribution >= 4 is 46.9 Å². The van der Waals surface area contributed by atoms with Gasteiger partial charge < -0.3 is 104 Å². The fourth-order valence-electron chi connectivity index (χ4n) is 1.35. The van der Waals surface area contributed by atoms with Crippen LogP contribution in [0.3, 0.4) is 0 Å². The molecule has 0 aromatic rings. The van der Waals surface area contributed by atoms with E-state index in [9.17, 15) is 76.3 Å². The third-order valence-electron chi connectivity index (χ3n) is 2.05. The molecule has 0 heterocycles. The summed E-state index contributed by atoms with van der Waals surface area (Å²) in [4.78, 5) is 124. The highest BCUT2D eigenvalue weighted by atomic mass is 31.2. The van der Waals surface area contributed by atoms with Crippen LogP contribution in [0.4, 0.5) is 0 Å². The molecule has 2 N–H and O–H groups in total. The number of hydrogen-bond donors (Lipinski definition) is 2. The van der Waals surface area contributed by atoms with E-state index in [4.69, 9.17) is 9.79 Å². The van der Waals surface area contributed by atoms with Crippen molar-refractivity contribution in [1.82, 2.24) is 4.90 Å². The smallest absolute Gasteiger partial charge is 0.472 e. The summed E-state index contributed by atoms with van der Waals surface area (Å²) in [6.45, 7) is 0. The van der Waals surface area contributed by atoms with Gasteiger partial charge in [-0.3, -0.25) is 0 Å². The van der Waals surface area contributed by atoms with E-state index in [-0.39, 0.29) is 0 Å². The molecule has 0 radical (unpaired) electrons. The lowest BCUT2D eigenvalue weighted by molar-refractivity contribution is -0.418. The standard InChI is InChI=1S/C3H15NO24P6/c5-29(6,7)23-1(24-30(8,9)10)4(2(25-31(11,12)13)26-32(14,15)16)3(27-33(17,18)19)28-34(20,21)22/h1-3H,(H2,5,6,7)(H2,8,9,10)(H2,11,12,13)(H2,14,15,16)(H2,17,18,19)(H2,20,21,22)/p-10. The normalized spacial score (nSPS) is 16.0. The number of phosphoric acid groups is 6. The van der Waals surface area contributed by atoms with Crippen molar-refractivity contribution in [3.05, 3.63) is 0 Å². The molecule has 25 nitrogen and oxygen atoms in total. The first-order chi connectivity index (χ1) is 14.6. The van der Waals surface area contributed by atoms with Crippen molar-refractivity contribution in [3.63, 3.8) is 0 Å². The number of nitrogens with zero attached hydrogens (tertiary/aromatic N) is 1. The maximum Gasteiger partial charge on any atom is 0.472 e. The molecule has 0 aliphatic heterocycles. The van der Waals surface area contributed by atoms with Crippen LogP contribution in [0.25, 0.3) is 0 Å². The van der Waals surface area contributed by atoms with Gasteiger partial charge >= 0.3 is 7.82 Å². The predicted octanol–water partition coefficient (Wildman–Crippen LogP) is -9.53. The van der Waals surface area contributed by atoms with Gasteiger partial charge in [-0.1, -0.05) is 0 Å². The molecule has 206 valence electrons. The van der Waals surface area contributed by atoms with Crippen LogP contribution in [0, 0.1) is 0 Å². The molecule has 1 unspecified atom stereocenters. The van der Waals surface area contributed by atoms with Gasteiger partial charge in [-0.2, -0.15) is 4.90 Å². The highest BCUT2D eigenvalue weighted by molar-refractivity contribution is 7.46. The van der Waals surface area contributed by atoms with E-state index in [0.717, 1.165) is 0 Å². The molecule has 0 aliphatic carbocycles. The van der Waals surface area contributed by atoms with Crippen LogP contribution in [0.15, 0.2) is 0 Å². The highest BCUT2D eigenvalue weighted by Gasteiger charge is 2.43. The van der Waals surface area contributed by atoms with E-state index >= 15 is 0 Å². The maximum absolute atomic E-state index is 11.0. The highest BCUT2D eigenvalue weighted by Crippen LogP contribution is 2.47. The van der Waals surface area contributed by atoms with Crippen LogP contribution in [-0.4, -0.2) is 33.9 Å². The van der Waals surface area contributed by atoms with E-state index in [2.05, 4.69) is 27.1 Å². The Morgan fingerprint density at radius 1 is 0.441 bits per heavy atom. The molecule has 31 heteroatoms. The van der Waals surface area contributed by atoms with E-state index in [1.165, 1.54) is 0 Å². The Labute approximate surface area is 185 Å². The summed E-state index contributed by atoms with van der Waals surface area (Å²) in [6, 6.07) is 0. The zero-order valence-corrected chi connectivity index (χ0v) is 20.1. The number of phosphoric ester groups is 6. The Balaban J connectivity index is 7.17. The van der Waals surface area contributed by atoms with Crippen molar-refractivity contribution in [2.45, 2.75) is 19.2 Å². The number of hydrogen-bond acceptors (Lipinski definition) is 23. The number of rotatable bonds is 15. The quantitative estimate of drug-likeness (QED) is 0.126. The zero-order chi connectivity index (χ0) is 27.6. The molecule has 0 fully saturated rings. The molecule has 0 aromatic carbocycles. The minimum atomic E-state index is -6.80. The SMILES string of the molecule is O=P([O-])([O-])OC(OP(=O)([O-])[O-])N(C(OP(=O)([O-])[O-])OP(=O)([O-])[O-])C(OP(=O)([O-])[O-])OP(=O)(O)O. The lowest BCUT2D eigenvalue weighted by Gasteiger charge is -2.49. The fraction of sp³-hybridized carbons (Fsp3) is 1.00. The zero-order valence-electron chi connectivity index (χ0n) is 14.7. The van der Waals surface area contributed by atoms with Gasteiger partial charge in [-0.25, -0.2) is 9.09 Å². The summed E-state index contributed by atoms with van der Waals surface area (Å²) in [5, 5.41) is 0. The predicted molar refractivity (Wildman–Crippen MR) is 69.8 cm³/mol. The largest absolute Gasteiger partial charge is 0.790 e. The minimum absolute atomic E-state index is 1.57. The molecular weight excluding hydrogens is 620 g/mol. The van der Waals surface area contributed by atoms with Crippen molar-refractivity contribution < 1.29 is 113 Å². The Hall–Kier alpha value is 0.620. The first-order valence-corrected chi connectivity index (χ1v) is 15.4. The molecule has 0 amide bonds. The van der Waals surface area contributed by atoms with Gasteiger partial charge in [-0.15, -0.1) is 0 Å². The van der Waals surface area contributed by atoms with Crippen LogP contribution in [-0.2, 0) is 54.5 Å². The topological polar surface area (TPSA) is 432 Å². The van der Waals surface area contributed by atoms with Gasteiger partial charge in [0.15, 0.2) is 0 Å². The van der Waals surface area contributed by atoms with Gasteiger partial charge in [0.1, 0.15) is 0 Å². The Morgan fingerprint density at radius 2 is 0.618 bits per heavy atom. The molecule has 0 aliphatic rings. The lowest BCUT2D eigenvalue weighted by atomic mass is 10.7. The second-order valence-corrected chi connectivity index (χ2v) is 11.4. The molecule has 0 saturated heterocycles. The van der Waals surface area contributed by atoms with Crippen molar-refractivity contribution in [2.75, 3.05) is 0 Å². The summed E-state index contributed by atoms with van der Waals surface area (Å²) >= 11 is 0. The van der Waals surface area contributed by atoms with E-state index < -0.39 is 71.1 Å². The van der Waals surface area contributed by atoms with Crippen molar-refractivity contribution in [3.8, 4) is 0 Å². The Kier molecular flexibility index (Phi) is 12.2. The second kappa shape index (κ2) is 12.0. The average Bonchev–Trinajstić information content (AvgIpc) is 2.35. The molecule has 0 rings (SSSR count). The van der Waals surface area contributed by atoms with Crippen LogP contribution in [0.2, 0.25) is 0 Å². The first-order valence-electron chi connectivity index (χ1n) is 6.61. The van der Waals surface area contributed by atoms with Crippen LogP contribution in [0.5, 0.6) is 0 Å². The van der Waals surface area contributed by atoms with E-state index in [1.54, 1.807) is 0 Å². The Morgan fingerprint density at radius 3 is 0.765 bits per heavy atom. The van der Waals surface area contributed by atoms with Crippen LogP contribution in [0.1, 0.15) is 0 Å². The summed E-state index contributed by atoms with van der Waals surface area (Å²) in [7, 11) is -40.3. The lowest BCUT2D eigenvalue weighted by Crippen LogP contribution is -2.56. The van der Waals surface area contributed by atoms with Crippen molar-refractivity contribution in [1.29, 1.82) is 0 Å². The summed E-state index contributed by atoms with van der Waals surface area (Å²) in [5.74, 6) is 0. The second-order valence-electron chi connectivity index (χ2n) is 4.73. The molecule has 0 spiro atoms. The average molecular weight is 625 g/mol. The third kappa shape index (κ3) is 18.0. The maximum atomic E-state index is 11.0. The van der Waals surface area contributed by atoms with E-state index in [0.29, 0.717) is 0 Å². The van der Waals surface area contributed by atoms with Crippen LogP contribution >= 0.6 is 46.9 Å². The van der Waals surface area contributed by atoms with Gasteiger partial charge in [0.05, 0.1) is 39.1 Å². The van der Waals surface area contributed by atoms with Gasteiger partial charge in [0.2, 0.25) is 19.2 Å². The molecule has 34 heavy (non-hydrogen) atoms. The van der Waals surface area contributed by atoms with E-state index in [1.807, 2.05) is 0 Å². The summed E-state index contributed by atoms with van der Waals surface area (Å²) < 4.78 is 84.6. The molecule has 0 aromatic heterocycles. The Bertz CT molecular complexity index is 756. The minimum Gasteiger partial charge on any atom is -0.790 e. The van der Waals surface area contributed by atoms with Crippen molar-refractivity contribution in [2.24, 2.45) is 0 Å². The first kappa shape index (κ1) is 34.6. The monoisotopic (exact) mass is 625 g/mol. The van der Waals surface area contributed by atoms with Gasteiger partial charge in [0.25, 0.3) is 0 Å². The van der Waals surface area contributed by atoms with Crippen LogP contribution < -0.4 is 48.9 Å². The molecular formula is C3H5NO24P6-10. The fourth-order valence-corrected chi connectivity index (χ4v) is 3.81. The van der Waals surface area contributed by atoms with Gasteiger partial charge in [-0.05, 0) is 0 Å². The molecule has 0 saturated carbocycles.